The van der Waals surface area contributed by atoms with Gasteiger partial charge in [0.25, 0.3) is 0 Å². The third-order valence-corrected chi connectivity index (χ3v) is 3.45. The fraction of sp³-hybridized carbons (Fsp3) is 0.133. The zero-order chi connectivity index (χ0) is 13.6. The number of phenolic OH excluding ortho intramolecular Hbond substituents is 1. The number of aliphatic hydroxyl groups is 1. The average Bonchev–Trinajstić information content (AvgIpc) is 2.63. The summed E-state index contributed by atoms with van der Waals surface area (Å²) in [7, 11) is 0. The van der Waals surface area contributed by atoms with Crippen molar-refractivity contribution in [1.29, 1.82) is 0 Å². The molecule has 2 aromatic carbocycles. The summed E-state index contributed by atoms with van der Waals surface area (Å²) in [6, 6.07) is 10.1. The third-order valence-electron chi connectivity index (χ3n) is 3.45. The van der Waals surface area contributed by atoms with Crippen LogP contribution in [0, 0.1) is 5.82 Å². The Morgan fingerprint density at radius 3 is 2.42 bits per heavy atom. The third kappa shape index (κ3) is 1.81. The number of rotatable bonds is 1. The lowest BCUT2D eigenvalue weighted by molar-refractivity contribution is 0.0754. The van der Waals surface area contributed by atoms with E-state index in [-0.39, 0.29) is 5.75 Å². The standard InChI is InChI=1S/C15H11FO3/c16-9-3-6-11-12(7-9)13(15(19)14(11)18)8-1-4-10(17)5-2-8/h1-7,13,15,17,19H. The van der Waals surface area contributed by atoms with E-state index in [0.29, 0.717) is 16.7 Å². The molecule has 96 valence electrons. The largest absolute Gasteiger partial charge is 0.508 e. The van der Waals surface area contributed by atoms with Gasteiger partial charge in [0, 0.05) is 11.5 Å². The van der Waals surface area contributed by atoms with Crippen molar-refractivity contribution in [3.8, 4) is 5.75 Å². The van der Waals surface area contributed by atoms with Gasteiger partial charge in [0.1, 0.15) is 17.7 Å². The summed E-state index contributed by atoms with van der Waals surface area (Å²) < 4.78 is 13.3. The Hall–Kier alpha value is -2.20. The molecule has 0 amide bonds. The molecule has 3 rings (SSSR count). The maximum Gasteiger partial charge on any atom is 0.192 e. The van der Waals surface area contributed by atoms with Crippen LogP contribution in [-0.2, 0) is 0 Å². The van der Waals surface area contributed by atoms with Crippen LogP contribution >= 0.6 is 0 Å². The first kappa shape index (κ1) is 11.9. The first-order chi connectivity index (χ1) is 9.08. The second-order valence-corrected chi connectivity index (χ2v) is 4.61. The molecule has 0 saturated carbocycles. The summed E-state index contributed by atoms with van der Waals surface area (Å²) in [6.45, 7) is 0. The highest BCUT2D eigenvalue weighted by Gasteiger charge is 2.39. The lowest BCUT2D eigenvalue weighted by atomic mass is 9.91. The molecule has 0 saturated heterocycles. The monoisotopic (exact) mass is 258 g/mol. The van der Waals surface area contributed by atoms with Crippen molar-refractivity contribution in [2.24, 2.45) is 0 Å². The zero-order valence-electron chi connectivity index (χ0n) is 9.88. The normalized spacial score (nSPS) is 21.5. The Labute approximate surface area is 108 Å². The Bertz CT molecular complexity index is 649. The number of phenols is 1. The maximum atomic E-state index is 13.3. The van der Waals surface area contributed by atoms with E-state index in [4.69, 9.17) is 0 Å². The van der Waals surface area contributed by atoms with Gasteiger partial charge in [-0.1, -0.05) is 12.1 Å². The minimum absolute atomic E-state index is 0.0991. The number of aliphatic hydroxyl groups excluding tert-OH is 1. The molecular weight excluding hydrogens is 247 g/mol. The van der Waals surface area contributed by atoms with Gasteiger partial charge in [0.2, 0.25) is 0 Å². The lowest BCUT2D eigenvalue weighted by Crippen LogP contribution is -2.20. The zero-order valence-corrected chi connectivity index (χ0v) is 9.88. The summed E-state index contributed by atoms with van der Waals surface area (Å²) in [4.78, 5) is 11.9. The molecule has 1 aliphatic rings. The number of hydrogen-bond acceptors (Lipinski definition) is 3. The number of fused-ring (bicyclic) bond motifs is 1. The molecule has 4 heteroatoms. The van der Waals surface area contributed by atoms with Gasteiger partial charge < -0.3 is 10.2 Å². The fourth-order valence-electron chi connectivity index (χ4n) is 2.54. The molecular formula is C15H11FO3. The van der Waals surface area contributed by atoms with Crippen molar-refractivity contribution < 1.29 is 19.4 Å². The molecule has 0 spiro atoms. The highest BCUT2D eigenvalue weighted by Crippen LogP contribution is 2.39. The summed E-state index contributed by atoms with van der Waals surface area (Å²) in [5.41, 5.74) is 1.51. The molecule has 2 N–H and O–H groups in total. The van der Waals surface area contributed by atoms with E-state index >= 15 is 0 Å². The van der Waals surface area contributed by atoms with Gasteiger partial charge in [-0.25, -0.2) is 4.39 Å². The summed E-state index contributed by atoms with van der Waals surface area (Å²) in [5, 5.41) is 19.3. The average molecular weight is 258 g/mol. The van der Waals surface area contributed by atoms with Gasteiger partial charge in [-0.05, 0) is 41.5 Å². The number of halogens is 1. The Kier molecular flexibility index (Phi) is 2.61. The predicted molar refractivity (Wildman–Crippen MR) is 66.7 cm³/mol. The van der Waals surface area contributed by atoms with Gasteiger partial charge in [0.05, 0.1) is 0 Å². The molecule has 0 radical (unpaired) electrons. The highest BCUT2D eigenvalue weighted by atomic mass is 19.1. The number of hydrogen-bond donors (Lipinski definition) is 2. The van der Waals surface area contributed by atoms with Crippen LogP contribution in [0.2, 0.25) is 0 Å². The van der Waals surface area contributed by atoms with Crippen molar-refractivity contribution >= 4 is 5.78 Å². The molecule has 0 aliphatic heterocycles. The fourth-order valence-corrected chi connectivity index (χ4v) is 2.54. The van der Waals surface area contributed by atoms with Crippen molar-refractivity contribution in [2.45, 2.75) is 12.0 Å². The number of Topliss-reactive ketones (excluding diaryl/α,β-unsaturated/α-hetero) is 1. The van der Waals surface area contributed by atoms with Crippen LogP contribution in [0.25, 0.3) is 0 Å². The van der Waals surface area contributed by atoms with E-state index in [1.165, 1.54) is 30.3 Å². The first-order valence-electron chi connectivity index (χ1n) is 5.88. The topological polar surface area (TPSA) is 57.5 Å². The van der Waals surface area contributed by atoms with Gasteiger partial charge in [-0.15, -0.1) is 0 Å². The first-order valence-corrected chi connectivity index (χ1v) is 5.88. The van der Waals surface area contributed by atoms with E-state index in [9.17, 15) is 19.4 Å². The van der Waals surface area contributed by atoms with Crippen LogP contribution in [0.5, 0.6) is 5.75 Å². The van der Waals surface area contributed by atoms with Crippen molar-refractivity contribution in [2.75, 3.05) is 0 Å². The second kappa shape index (κ2) is 4.17. The van der Waals surface area contributed by atoms with E-state index in [0.717, 1.165) is 0 Å². The SMILES string of the molecule is O=C1c2ccc(F)cc2C(c2ccc(O)cc2)C1O. The summed E-state index contributed by atoms with van der Waals surface area (Å²) in [6.07, 6.45) is -1.21. The van der Waals surface area contributed by atoms with Crippen LogP contribution in [0.1, 0.15) is 27.4 Å². The minimum atomic E-state index is -1.21. The molecule has 1 aliphatic carbocycles. The summed E-state index contributed by atoms with van der Waals surface area (Å²) >= 11 is 0. The van der Waals surface area contributed by atoms with Gasteiger partial charge >= 0.3 is 0 Å². The van der Waals surface area contributed by atoms with E-state index in [1.807, 2.05) is 0 Å². The van der Waals surface area contributed by atoms with Crippen LogP contribution in [0.4, 0.5) is 4.39 Å². The Morgan fingerprint density at radius 2 is 1.74 bits per heavy atom. The van der Waals surface area contributed by atoms with Crippen LogP contribution in [0.3, 0.4) is 0 Å². The van der Waals surface area contributed by atoms with E-state index in [2.05, 4.69) is 0 Å². The highest BCUT2D eigenvalue weighted by molar-refractivity contribution is 6.05. The van der Waals surface area contributed by atoms with E-state index < -0.39 is 23.6 Å². The van der Waals surface area contributed by atoms with E-state index in [1.54, 1.807) is 12.1 Å². The predicted octanol–water partition coefficient (Wildman–Crippen LogP) is 2.22. The number of aromatic hydroxyl groups is 1. The molecule has 3 nitrogen and oxygen atoms in total. The van der Waals surface area contributed by atoms with Crippen LogP contribution in [-0.4, -0.2) is 22.1 Å². The molecule has 2 aromatic rings. The molecule has 0 heterocycles. The lowest BCUT2D eigenvalue weighted by Gasteiger charge is -2.15. The Morgan fingerprint density at radius 1 is 1.05 bits per heavy atom. The molecule has 2 unspecified atom stereocenters. The van der Waals surface area contributed by atoms with Crippen molar-refractivity contribution in [1.82, 2.24) is 0 Å². The second-order valence-electron chi connectivity index (χ2n) is 4.61. The maximum absolute atomic E-state index is 13.3. The van der Waals surface area contributed by atoms with Crippen LogP contribution < -0.4 is 0 Å². The number of carbonyl (C=O) groups excluding carboxylic acids is 1. The minimum Gasteiger partial charge on any atom is -0.508 e. The number of carbonyl (C=O) groups is 1. The molecule has 0 bridgehead atoms. The van der Waals surface area contributed by atoms with Crippen molar-refractivity contribution in [3.63, 3.8) is 0 Å². The van der Waals surface area contributed by atoms with Crippen molar-refractivity contribution in [3.05, 3.63) is 65.0 Å². The van der Waals surface area contributed by atoms with Gasteiger partial charge in [-0.3, -0.25) is 4.79 Å². The molecule has 19 heavy (non-hydrogen) atoms. The molecule has 0 aromatic heterocycles. The quantitative estimate of drug-likeness (QED) is 0.824. The van der Waals surface area contributed by atoms with Crippen LogP contribution in [0.15, 0.2) is 42.5 Å². The smallest absolute Gasteiger partial charge is 0.192 e. The van der Waals surface area contributed by atoms with Gasteiger partial charge in [0.15, 0.2) is 5.78 Å². The molecule has 2 atom stereocenters. The Balaban J connectivity index is 2.15. The summed E-state index contributed by atoms with van der Waals surface area (Å²) in [5.74, 6) is -1.32. The number of benzene rings is 2. The number of ketones is 1. The van der Waals surface area contributed by atoms with Gasteiger partial charge in [-0.2, -0.15) is 0 Å². The molecule has 0 fully saturated rings.